The number of hydrogen-bond acceptors (Lipinski definition) is 3. The third-order valence-corrected chi connectivity index (χ3v) is 2.14. The van der Waals surface area contributed by atoms with Crippen molar-refractivity contribution in [2.24, 2.45) is 0 Å². The summed E-state index contributed by atoms with van der Waals surface area (Å²) in [6.07, 6.45) is 7.50. The summed E-state index contributed by atoms with van der Waals surface area (Å²) >= 11 is 0. The number of carbonyl (C=O) groups is 1. The summed E-state index contributed by atoms with van der Waals surface area (Å²) in [4.78, 5) is 10.9. The van der Waals surface area contributed by atoms with Crippen molar-refractivity contribution in [3.63, 3.8) is 0 Å². The Bertz CT molecular complexity index is 146. The Morgan fingerprint density at radius 3 is 2.07 bits per heavy atom. The number of rotatable bonds is 9. The zero-order chi connectivity index (χ0) is 11.4. The van der Waals surface area contributed by atoms with Gasteiger partial charge in [-0.15, -0.1) is 0 Å². The fourth-order valence-electron chi connectivity index (χ4n) is 1.26. The molecule has 0 rings (SSSR count). The van der Waals surface area contributed by atoms with Crippen LogP contribution < -0.4 is 0 Å². The van der Waals surface area contributed by atoms with E-state index in [1.54, 1.807) is 0 Å². The smallest absolute Gasteiger partial charge is 0.434 e. The molecule has 0 amide bonds. The third kappa shape index (κ3) is 11.2. The molecule has 90 valence electrons. The van der Waals surface area contributed by atoms with E-state index >= 15 is 0 Å². The highest BCUT2D eigenvalue weighted by Crippen LogP contribution is 2.05. The average molecular weight is 216 g/mol. The second kappa shape index (κ2) is 11.3. The van der Waals surface area contributed by atoms with Crippen LogP contribution >= 0.6 is 0 Å². The molecule has 0 saturated carbocycles. The van der Waals surface area contributed by atoms with Crippen LogP contribution in [-0.2, 0) is 9.47 Å². The van der Waals surface area contributed by atoms with E-state index in [2.05, 4.69) is 6.92 Å². The van der Waals surface area contributed by atoms with E-state index in [9.17, 15) is 4.79 Å². The lowest BCUT2D eigenvalue weighted by Gasteiger charge is -2.04. The van der Waals surface area contributed by atoms with Crippen LogP contribution in [0.15, 0.2) is 0 Å². The largest absolute Gasteiger partial charge is 0.508 e. The molecule has 0 aliphatic heterocycles. The van der Waals surface area contributed by atoms with Crippen molar-refractivity contribution in [1.29, 1.82) is 0 Å². The Hall–Kier alpha value is -0.730. The van der Waals surface area contributed by atoms with Gasteiger partial charge in [-0.3, -0.25) is 0 Å². The second-order valence-corrected chi connectivity index (χ2v) is 3.71. The minimum atomic E-state index is -0.523. The number of unbranched alkanes of at least 4 members (excludes halogenated alkanes) is 5. The maximum Gasteiger partial charge on any atom is 0.508 e. The third-order valence-electron chi connectivity index (χ3n) is 2.14. The van der Waals surface area contributed by atoms with Crippen LogP contribution in [0.2, 0.25) is 0 Å². The molecule has 0 spiro atoms. The van der Waals surface area contributed by atoms with Gasteiger partial charge in [0.2, 0.25) is 0 Å². The molecule has 0 radical (unpaired) electrons. The van der Waals surface area contributed by atoms with Gasteiger partial charge in [-0.05, 0) is 12.8 Å². The predicted molar refractivity (Wildman–Crippen MR) is 61.0 cm³/mol. The summed E-state index contributed by atoms with van der Waals surface area (Å²) in [6, 6.07) is 0. The molecule has 0 fully saturated rings. The first-order valence-corrected chi connectivity index (χ1v) is 6.10. The van der Waals surface area contributed by atoms with Gasteiger partial charge in [-0.1, -0.05) is 46.0 Å². The van der Waals surface area contributed by atoms with Crippen LogP contribution in [-0.4, -0.2) is 19.4 Å². The summed E-state index contributed by atoms with van der Waals surface area (Å²) in [5.74, 6) is 0. The highest BCUT2D eigenvalue weighted by atomic mass is 16.7. The average Bonchev–Trinajstić information content (AvgIpc) is 2.25. The number of ether oxygens (including phenoxy) is 2. The molecule has 0 aromatic rings. The summed E-state index contributed by atoms with van der Waals surface area (Å²) in [7, 11) is 0. The normalized spacial score (nSPS) is 10.0. The van der Waals surface area contributed by atoms with Gasteiger partial charge < -0.3 is 9.47 Å². The minimum Gasteiger partial charge on any atom is -0.434 e. The quantitative estimate of drug-likeness (QED) is 0.433. The van der Waals surface area contributed by atoms with Crippen molar-refractivity contribution in [2.75, 3.05) is 13.2 Å². The molecule has 0 aromatic carbocycles. The molecule has 15 heavy (non-hydrogen) atoms. The van der Waals surface area contributed by atoms with Gasteiger partial charge >= 0.3 is 6.16 Å². The molecule has 0 aliphatic rings. The van der Waals surface area contributed by atoms with Crippen LogP contribution in [0, 0.1) is 0 Å². The monoisotopic (exact) mass is 216 g/mol. The molecule has 3 nitrogen and oxygen atoms in total. The van der Waals surface area contributed by atoms with Gasteiger partial charge in [0.15, 0.2) is 0 Å². The van der Waals surface area contributed by atoms with Crippen molar-refractivity contribution in [2.45, 2.75) is 58.8 Å². The lowest BCUT2D eigenvalue weighted by atomic mass is 10.1. The van der Waals surface area contributed by atoms with E-state index in [1.807, 2.05) is 6.92 Å². The van der Waals surface area contributed by atoms with Crippen molar-refractivity contribution >= 4 is 6.16 Å². The zero-order valence-corrected chi connectivity index (χ0v) is 10.1. The molecule has 0 aromatic heterocycles. The molecular formula is C12H24O3. The van der Waals surface area contributed by atoms with E-state index in [4.69, 9.17) is 9.47 Å². The summed E-state index contributed by atoms with van der Waals surface area (Å²) in [5, 5.41) is 0. The van der Waals surface area contributed by atoms with E-state index in [0.717, 1.165) is 19.3 Å². The Kier molecular flexibility index (Phi) is 10.8. The van der Waals surface area contributed by atoms with Gasteiger partial charge in [0.05, 0.1) is 13.2 Å². The van der Waals surface area contributed by atoms with Crippen LogP contribution in [0.5, 0.6) is 0 Å². The van der Waals surface area contributed by atoms with Gasteiger partial charge in [0.1, 0.15) is 0 Å². The number of hydrogen-bond donors (Lipinski definition) is 0. The SMILES string of the molecule is CCCCCCCCOC(=O)OCCC. The van der Waals surface area contributed by atoms with Crippen molar-refractivity contribution < 1.29 is 14.3 Å². The van der Waals surface area contributed by atoms with Crippen LogP contribution in [0.25, 0.3) is 0 Å². The minimum absolute atomic E-state index is 0.454. The summed E-state index contributed by atoms with van der Waals surface area (Å²) < 4.78 is 9.66. The highest BCUT2D eigenvalue weighted by Gasteiger charge is 2.01. The Morgan fingerprint density at radius 1 is 0.800 bits per heavy atom. The van der Waals surface area contributed by atoms with Crippen molar-refractivity contribution in [1.82, 2.24) is 0 Å². The molecule has 0 saturated heterocycles. The Morgan fingerprint density at radius 2 is 1.40 bits per heavy atom. The first-order chi connectivity index (χ1) is 7.31. The van der Waals surface area contributed by atoms with Gasteiger partial charge in [-0.25, -0.2) is 4.79 Å². The molecule has 0 aliphatic carbocycles. The van der Waals surface area contributed by atoms with Crippen molar-refractivity contribution in [3.8, 4) is 0 Å². The maximum absolute atomic E-state index is 10.9. The lowest BCUT2D eigenvalue weighted by Crippen LogP contribution is -2.08. The molecule has 0 heterocycles. The van der Waals surface area contributed by atoms with E-state index in [1.165, 1.54) is 25.7 Å². The second-order valence-electron chi connectivity index (χ2n) is 3.71. The predicted octanol–water partition coefficient (Wildman–Crippen LogP) is 3.91. The fourth-order valence-corrected chi connectivity index (χ4v) is 1.26. The van der Waals surface area contributed by atoms with Crippen molar-refractivity contribution in [3.05, 3.63) is 0 Å². The van der Waals surface area contributed by atoms with Gasteiger partial charge in [0.25, 0.3) is 0 Å². The van der Waals surface area contributed by atoms with Crippen LogP contribution in [0.3, 0.4) is 0 Å². The topological polar surface area (TPSA) is 35.5 Å². The molecule has 3 heteroatoms. The molecule has 0 atom stereocenters. The molecular weight excluding hydrogens is 192 g/mol. The van der Waals surface area contributed by atoms with E-state index in [-0.39, 0.29) is 0 Å². The fraction of sp³-hybridized carbons (Fsp3) is 0.917. The Balaban J connectivity index is 3.06. The molecule has 0 N–H and O–H groups in total. The van der Waals surface area contributed by atoms with E-state index in [0.29, 0.717) is 13.2 Å². The standard InChI is InChI=1S/C12H24O3/c1-3-5-6-7-8-9-11-15-12(13)14-10-4-2/h3-11H2,1-2H3. The van der Waals surface area contributed by atoms with Gasteiger partial charge in [0, 0.05) is 0 Å². The first-order valence-electron chi connectivity index (χ1n) is 6.10. The maximum atomic E-state index is 10.9. The van der Waals surface area contributed by atoms with Crippen LogP contribution in [0.1, 0.15) is 58.8 Å². The molecule has 0 bridgehead atoms. The zero-order valence-electron chi connectivity index (χ0n) is 10.1. The van der Waals surface area contributed by atoms with Crippen LogP contribution in [0.4, 0.5) is 4.79 Å². The van der Waals surface area contributed by atoms with E-state index < -0.39 is 6.16 Å². The number of carbonyl (C=O) groups excluding carboxylic acids is 1. The summed E-state index contributed by atoms with van der Waals surface area (Å²) in [6.45, 7) is 5.11. The molecule has 0 unspecified atom stereocenters. The first kappa shape index (κ1) is 14.3. The summed E-state index contributed by atoms with van der Waals surface area (Å²) in [5.41, 5.74) is 0. The highest BCUT2D eigenvalue weighted by molar-refractivity contribution is 5.59. The van der Waals surface area contributed by atoms with Gasteiger partial charge in [-0.2, -0.15) is 0 Å². The Labute approximate surface area is 93.1 Å². The lowest BCUT2D eigenvalue weighted by molar-refractivity contribution is 0.0542.